The minimum absolute atomic E-state index is 0.0880. The maximum Gasteiger partial charge on any atom is 0.306 e. The number of unbranched alkanes of at least 4 members (excludes halogenated alkanes) is 17. The van der Waals surface area contributed by atoms with Gasteiger partial charge in [0.05, 0.1) is 6.61 Å². The molecule has 1 atom stereocenters. The lowest BCUT2D eigenvalue weighted by Crippen LogP contribution is -2.28. The van der Waals surface area contributed by atoms with Crippen LogP contribution in [0.2, 0.25) is 0 Å². The van der Waals surface area contributed by atoms with Gasteiger partial charge in [-0.1, -0.05) is 353 Å². The molecule has 0 aromatic carbocycles. The van der Waals surface area contributed by atoms with Crippen LogP contribution in [-0.2, 0) is 19.1 Å². The zero-order valence-corrected chi connectivity index (χ0v) is 61.0. The monoisotopic (exact) mass is 1310 g/mol. The third-order valence-corrected chi connectivity index (χ3v) is 15.3. The van der Waals surface area contributed by atoms with Crippen LogP contribution in [0.15, 0.2) is 255 Å². The van der Waals surface area contributed by atoms with Gasteiger partial charge in [-0.25, -0.2) is 0 Å². The largest absolute Gasteiger partial charge is 0.462 e. The second kappa shape index (κ2) is 82.7. The zero-order chi connectivity index (χ0) is 69.0. The van der Waals surface area contributed by atoms with Crippen molar-refractivity contribution >= 4 is 11.9 Å². The Balaban J connectivity index is 3.64. The number of carbonyl (C=O) groups is 2. The summed E-state index contributed by atoms with van der Waals surface area (Å²) in [4.78, 5) is 24.7. The number of esters is 2. The van der Waals surface area contributed by atoms with Crippen LogP contribution in [0.25, 0.3) is 0 Å². The Labute approximate surface area is 590 Å². The molecule has 0 amide bonds. The first-order valence-electron chi connectivity index (χ1n) is 38.2. The van der Waals surface area contributed by atoms with Crippen LogP contribution in [-0.4, -0.2) is 36.4 Å². The van der Waals surface area contributed by atoms with E-state index in [9.17, 15) is 14.7 Å². The van der Waals surface area contributed by atoms with Gasteiger partial charge in [0.25, 0.3) is 0 Å². The van der Waals surface area contributed by atoms with Crippen molar-refractivity contribution in [1.82, 2.24) is 0 Å². The quantitative estimate of drug-likeness (QED) is 0.0373. The molecule has 0 rings (SSSR count). The number of ether oxygens (including phenoxy) is 2. The lowest BCUT2D eigenvalue weighted by atomic mass is 10.1. The van der Waals surface area contributed by atoms with Crippen molar-refractivity contribution in [1.29, 1.82) is 0 Å². The molecular formula is C91H138O5. The molecule has 532 valence electrons. The molecule has 0 heterocycles. The number of allylic oxidation sites excluding steroid dienone is 42. The average molecular weight is 1310 g/mol. The molecular weight excluding hydrogens is 1170 g/mol. The first kappa shape index (κ1) is 89.4. The Morgan fingerprint density at radius 1 is 0.240 bits per heavy atom. The second-order valence-corrected chi connectivity index (χ2v) is 24.3. The highest BCUT2D eigenvalue weighted by Crippen LogP contribution is 2.15. The van der Waals surface area contributed by atoms with Crippen molar-refractivity contribution in [3.63, 3.8) is 0 Å². The summed E-state index contributed by atoms with van der Waals surface area (Å²) in [5, 5.41) is 9.72. The number of rotatable bonds is 67. The summed E-state index contributed by atoms with van der Waals surface area (Å²) < 4.78 is 10.8. The molecule has 5 nitrogen and oxygen atoms in total. The summed E-state index contributed by atoms with van der Waals surface area (Å²) >= 11 is 0. The molecule has 5 heteroatoms. The molecule has 0 saturated heterocycles. The number of carbonyl (C=O) groups excluding carboxylic acids is 2. The van der Waals surface area contributed by atoms with Crippen LogP contribution in [0, 0.1) is 0 Å². The van der Waals surface area contributed by atoms with Gasteiger partial charge in [-0.15, -0.1) is 0 Å². The van der Waals surface area contributed by atoms with Gasteiger partial charge in [0.1, 0.15) is 6.61 Å². The molecule has 0 saturated carbocycles. The van der Waals surface area contributed by atoms with Gasteiger partial charge in [-0.2, -0.15) is 0 Å². The molecule has 0 aliphatic rings. The third kappa shape index (κ3) is 79.9. The normalized spacial score (nSPS) is 13.7. The Bertz CT molecular complexity index is 2380. The molecule has 0 aromatic heterocycles. The summed E-state index contributed by atoms with van der Waals surface area (Å²) in [6.07, 6.45) is 137. The first-order valence-corrected chi connectivity index (χ1v) is 38.2. The van der Waals surface area contributed by atoms with E-state index in [1.807, 2.05) is 0 Å². The topological polar surface area (TPSA) is 72.8 Å². The summed E-state index contributed by atoms with van der Waals surface area (Å²) in [5.74, 6) is -0.623. The van der Waals surface area contributed by atoms with E-state index in [0.29, 0.717) is 12.8 Å². The van der Waals surface area contributed by atoms with Crippen LogP contribution in [0.5, 0.6) is 0 Å². The number of hydrogen-bond acceptors (Lipinski definition) is 5. The third-order valence-electron chi connectivity index (χ3n) is 15.3. The highest BCUT2D eigenvalue weighted by Gasteiger charge is 2.16. The smallest absolute Gasteiger partial charge is 0.306 e. The van der Waals surface area contributed by atoms with Crippen molar-refractivity contribution in [3.8, 4) is 0 Å². The summed E-state index contributed by atoms with van der Waals surface area (Å²) in [6, 6.07) is 0. The van der Waals surface area contributed by atoms with Crippen LogP contribution in [0.4, 0.5) is 0 Å². The van der Waals surface area contributed by atoms with Gasteiger partial charge >= 0.3 is 11.9 Å². The second-order valence-electron chi connectivity index (χ2n) is 24.3. The van der Waals surface area contributed by atoms with Crippen molar-refractivity contribution in [2.75, 3.05) is 13.2 Å². The molecule has 0 aliphatic heterocycles. The number of aliphatic hydroxyl groups excluding tert-OH is 1. The Kier molecular flexibility index (Phi) is 77.0. The molecule has 96 heavy (non-hydrogen) atoms. The maximum absolute atomic E-state index is 12.4. The van der Waals surface area contributed by atoms with Crippen molar-refractivity contribution in [2.45, 2.75) is 290 Å². The van der Waals surface area contributed by atoms with Gasteiger partial charge in [0.2, 0.25) is 0 Å². The highest BCUT2D eigenvalue weighted by molar-refractivity contribution is 5.70. The number of aliphatic hydroxyl groups is 1. The van der Waals surface area contributed by atoms with E-state index >= 15 is 0 Å². The van der Waals surface area contributed by atoms with E-state index in [1.54, 1.807) is 0 Å². The molecule has 1 unspecified atom stereocenters. The van der Waals surface area contributed by atoms with Gasteiger partial charge in [-0.05, 0) is 173 Å². The van der Waals surface area contributed by atoms with Crippen LogP contribution in [0.1, 0.15) is 284 Å². The Morgan fingerprint density at radius 2 is 0.417 bits per heavy atom. The van der Waals surface area contributed by atoms with E-state index in [-0.39, 0.29) is 25.2 Å². The molecule has 1 N–H and O–H groups in total. The fourth-order valence-electron chi connectivity index (χ4n) is 9.71. The summed E-state index contributed by atoms with van der Waals surface area (Å²) in [6.45, 7) is 3.89. The minimum atomic E-state index is -0.801. The Morgan fingerprint density at radius 3 is 0.625 bits per heavy atom. The van der Waals surface area contributed by atoms with Crippen molar-refractivity contribution in [3.05, 3.63) is 255 Å². The predicted molar refractivity (Wildman–Crippen MR) is 425 cm³/mol. The fourth-order valence-corrected chi connectivity index (χ4v) is 9.71. The first-order chi connectivity index (χ1) is 47.6. The van der Waals surface area contributed by atoms with Gasteiger partial charge in [0, 0.05) is 12.8 Å². The van der Waals surface area contributed by atoms with Crippen molar-refractivity contribution < 1.29 is 24.2 Å². The lowest BCUT2D eigenvalue weighted by Gasteiger charge is -2.15. The van der Waals surface area contributed by atoms with Crippen LogP contribution in [0.3, 0.4) is 0 Å². The van der Waals surface area contributed by atoms with E-state index in [4.69, 9.17) is 9.47 Å². The van der Waals surface area contributed by atoms with Crippen LogP contribution < -0.4 is 0 Å². The molecule has 0 fully saturated rings. The fraction of sp³-hybridized carbons (Fsp3) is 0.516. The number of hydrogen-bond donors (Lipinski definition) is 1. The standard InChI is InChI=1S/C91H138O5/c1-3-5-7-9-11-13-15-17-19-21-23-25-27-29-31-33-35-37-39-41-43-45-47-49-51-53-55-57-59-61-63-65-67-69-71-73-75-77-79-81-83-85-90(93)95-88-89(87-92)96-91(94)86-84-82-80-78-76-74-72-70-68-66-64-62-60-58-56-54-52-50-48-46-44-42-40-38-36-34-32-30-28-26-24-22-20-18-16-14-12-10-8-6-4-2/h5-8,11-14,17-20,23-26,29-32,35-38,41-44,47-50,53-56,59-62,66,68,89,92H,3-4,9-10,15-16,21-22,27-28,33-34,39-40,45-46,51-52,57-58,63-65,67,69-88H2,1-2H3/b7-5-,8-6-,13-11-,14-12-,19-17-,20-18-,25-23-,26-24-,31-29-,32-30-,37-35-,38-36-,43-41-,44-42-,49-47-,50-48-,55-53-,56-54-,61-59-,62-60-,68-66-. The van der Waals surface area contributed by atoms with E-state index < -0.39 is 6.10 Å². The maximum atomic E-state index is 12.4. The average Bonchev–Trinajstić information content (AvgIpc) is 3.79. The molecule has 0 aromatic rings. The van der Waals surface area contributed by atoms with E-state index in [2.05, 4.69) is 269 Å². The zero-order valence-electron chi connectivity index (χ0n) is 61.0. The predicted octanol–water partition coefficient (Wildman–Crippen LogP) is 27.5. The molecule has 0 bridgehead atoms. The van der Waals surface area contributed by atoms with E-state index in [0.717, 1.165) is 180 Å². The van der Waals surface area contributed by atoms with Gasteiger partial charge in [-0.3, -0.25) is 9.59 Å². The van der Waals surface area contributed by atoms with Crippen LogP contribution >= 0.6 is 0 Å². The van der Waals surface area contributed by atoms with Crippen molar-refractivity contribution in [2.24, 2.45) is 0 Å². The van der Waals surface area contributed by atoms with Gasteiger partial charge < -0.3 is 14.6 Å². The minimum Gasteiger partial charge on any atom is -0.462 e. The molecule has 0 aliphatic carbocycles. The SMILES string of the molecule is CC/C=C\C/C=C\C/C=C\C/C=C\C/C=C\C/C=C\C/C=C\C/C=C\C/C=C\C/C=C\C/C=C\CCCCCCCCCC(=O)OC(CO)COC(=O)CCCCCCCCCCCC/C=C\C/C=C\C/C=C\C/C=C\C/C=C\C/C=C\C/C=C\C/C=C\C/C=C\C/C=C\CC. The summed E-state index contributed by atoms with van der Waals surface area (Å²) in [7, 11) is 0. The summed E-state index contributed by atoms with van der Waals surface area (Å²) in [5.41, 5.74) is 0. The molecule has 0 radical (unpaired) electrons. The van der Waals surface area contributed by atoms with Gasteiger partial charge in [0.15, 0.2) is 6.10 Å². The highest BCUT2D eigenvalue weighted by atomic mass is 16.6. The lowest BCUT2D eigenvalue weighted by molar-refractivity contribution is -0.161. The van der Waals surface area contributed by atoms with E-state index in [1.165, 1.54) is 77.0 Å². The Hall–Kier alpha value is -6.56. The molecule has 0 spiro atoms.